The maximum absolute atomic E-state index is 2.32. The lowest BCUT2D eigenvalue weighted by Gasteiger charge is -2.37. The molecule has 0 radical (unpaired) electrons. The quantitative estimate of drug-likeness (QED) is 0.741. The van der Waals surface area contributed by atoms with Crippen molar-refractivity contribution in [2.24, 2.45) is 0 Å². The lowest BCUT2D eigenvalue weighted by Crippen LogP contribution is -2.46. The van der Waals surface area contributed by atoms with Crippen molar-refractivity contribution >= 4 is 0 Å². The number of hydrogen-bond acceptors (Lipinski definition) is 1. The van der Waals surface area contributed by atoms with Crippen molar-refractivity contribution < 1.29 is 9.96 Å². The summed E-state index contributed by atoms with van der Waals surface area (Å²) in [6, 6.07) is 11.1. The fourth-order valence-electron chi connectivity index (χ4n) is 3.29. The molecular formula is C15H25NO. The van der Waals surface area contributed by atoms with Gasteiger partial charge < -0.3 is 9.96 Å². The first kappa shape index (κ1) is 14.2. The fraction of sp³-hybridized carbons (Fsp3) is 0.600. The Hall–Kier alpha value is -0.860. The van der Waals surface area contributed by atoms with Crippen LogP contribution in [0.1, 0.15) is 31.2 Å². The van der Waals surface area contributed by atoms with Crippen LogP contribution in [0.15, 0.2) is 30.3 Å². The molecule has 0 bridgehead atoms. The van der Waals surface area contributed by atoms with E-state index in [0.717, 1.165) is 4.48 Å². The smallest absolute Gasteiger partial charge is 0.0878 e. The first-order chi connectivity index (χ1) is 7.52. The van der Waals surface area contributed by atoms with E-state index >= 15 is 0 Å². The van der Waals surface area contributed by atoms with Crippen LogP contribution in [0.25, 0.3) is 0 Å². The molecular weight excluding hydrogens is 210 g/mol. The van der Waals surface area contributed by atoms with Crippen molar-refractivity contribution in [3.63, 3.8) is 0 Å². The zero-order chi connectivity index (χ0) is 11.6. The van der Waals surface area contributed by atoms with E-state index in [9.17, 15) is 0 Å². The standard InChI is InChI=1S/C15H24N.H2O/c1-16(2,3)13-15(11-7-8-12-15)14-9-5-4-6-10-14;/h4-6,9-10H,7-8,11-13H2,1-3H3;1H2/q+1;/p-1. The van der Waals surface area contributed by atoms with E-state index < -0.39 is 0 Å². The van der Waals surface area contributed by atoms with Crippen molar-refractivity contribution in [2.45, 2.75) is 31.1 Å². The predicted molar refractivity (Wildman–Crippen MR) is 71.4 cm³/mol. The third-order valence-corrected chi connectivity index (χ3v) is 3.72. The minimum absolute atomic E-state index is 0. The van der Waals surface area contributed by atoms with Gasteiger partial charge in [-0.2, -0.15) is 0 Å². The summed E-state index contributed by atoms with van der Waals surface area (Å²) in [5.74, 6) is 0. The molecule has 0 saturated heterocycles. The number of nitrogens with zero attached hydrogens (tertiary/aromatic N) is 1. The van der Waals surface area contributed by atoms with Gasteiger partial charge >= 0.3 is 0 Å². The molecule has 0 amide bonds. The predicted octanol–water partition coefficient (Wildman–Crippen LogP) is 3.03. The van der Waals surface area contributed by atoms with Gasteiger partial charge in [0.15, 0.2) is 0 Å². The number of rotatable bonds is 3. The van der Waals surface area contributed by atoms with E-state index in [1.807, 2.05) is 0 Å². The normalized spacial score (nSPS) is 18.8. The van der Waals surface area contributed by atoms with Gasteiger partial charge in [0, 0.05) is 5.41 Å². The maximum Gasteiger partial charge on any atom is 0.0878 e. The SMILES string of the molecule is C[N+](C)(C)CC1(c2ccccc2)CCCC1.[OH-]. The molecule has 96 valence electrons. The highest BCUT2D eigenvalue weighted by Gasteiger charge is 2.39. The summed E-state index contributed by atoms with van der Waals surface area (Å²) in [7, 11) is 6.93. The molecule has 1 aromatic rings. The zero-order valence-corrected chi connectivity index (χ0v) is 11.3. The van der Waals surface area contributed by atoms with Crippen molar-refractivity contribution in [1.29, 1.82) is 0 Å². The summed E-state index contributed by atoms with van der Waals surface area (Å²) >= 11 is 0. The van der Waals surface area contributed by atoms with Gasteiger partial charge in [0.2, 0.25) is 0 Å². The van der Waals surface area contributed by atoms with Crippen LogP contribution in [0.2, 0.25) is 0 Å². The van der Waals surface area contributed by atoms with Crippen LogP contribution in [-0.2, 0) is 5.41 Å². The Morgan fingerprint density at radius 3 is 2.00 bits per heavy atom. The molecule has 1 aliphatic rings. The third kappa shape index (κ3) is 3.30. The monoisotopic (exact) mass is 235 g/mol. The van der Waals surface area contributed by atoms with Gasteiger partial charge in [0.05, 0.1) is 27.7 Å². The van der Waals surface area contributed by atoms with Crippen LogP contribution >= 0.6 is 0 Å². The van der Waals surface area contributed by atoms with E-state index in [1.54, 1.807) is 5.56 Å². The zero-order valence-electron chi connectivity index (χ0n) is 11.3. The summed E-state index contributed by atoms with van der Waals surface area (Å²) in [4.78, 5) is 0. The lowest BCUT2D eigenvalue weighted by molar-refractivity contribution is -0.874. The average molecular weight is 235 g/mol. The van der Waals surface area contributed by atoms with Gasteiger partial charge in [-0.3, -0.25) is 0 Å². The topological polar surface area (TPSA) is 30.0 Å². The summed E-state index contributed by atoms with van der Waals surface area (Å²) in [6.45, 7) is 1.26. The van der Waals surface area contributed by atoms with Crippen LogP contribution in [-0.4, -0.2) is 37.6 Å². The van der Waals surface area contributed by atoms with Gasteiger partial charge in [0.25, 0.3) is 0 Å². The highest BCUT2D eigenvalue weighted by Crippen LogP contribution is 2.42. The summed E-state index contributed by atoms with van der Waals surface area (Å²) < 4.78 is 1.06. The molecule has 0 unspecified atom stereocenters. The van der Waals surface area contributed by atoms with Gasteiger partial charge in [-0.1, -0.05) is 43.2 Å². The van der Waals surface area contributed by atoms with E-state index in [1.165, 1.54) is 32.2 Å². The molecule has 0 spiro atoms. The number of hydrogen-bond donors (Lipinski definition) is 0. The Morgan fingerprint density at radius 1 is 1.00 bits per heavy atom. The van der Waals surface area contributed by atoms with Crippen molar-refractivity contribution in [1.82, 2.24) is 0 Å². The Morgan fingerprint density at radius 2 is 1.53 bits per heavy atom. The highest BCUT2D eigenvalue weighted by molar-refractivity contribution is 5.26. The minimum Gasteiger partial charge on any atom is -0.870 e. The molecule has 2 heteroatoms. The van der Waals surface area contributed by atoms with Gasteiger partial charge in [-0.15, -0.1) is 0 Å². The van der Waals surface area contributed by atoms with Crippen LogP contribution in [0.5, 0.6) is 0 Å². The van der Waals surface area contributed by atoms with E-state index in [4.69, 9.17) is 0 Å². The van der Waals surface area contributed by atoms with Gasteiger partial charge in [0.1, 0.15) is 0 Å². The summed E-state index contributed by atoms with van der Waals surface area (Å²) in [5.41, 5.74) is 2.00. The summed E-state index contributed by atoms with van der Waals surface area (Å²) in [6.07, 6.45) is 5.53. The van der Waals surface area contributed by atoms with E-state index in [0.29, 0.717) is 5.41 Å². The average Bonchev–Trinajstić information content (AvgIpc) is 2.66. The van der Waals surface area contributed by atoms with Gasteiger partial charge in [-0.25, -0.2) is 0 Å². The molecule has 1 aliphatic carbocycles. The number of benzene rings is 1. The molecule has 0 heterocycles. The molecule has 2 rings (SSSR count). The fourth-order valence-corrected chi connectivity index (χ4v) is 3.29. The summed E-state index contributed by atoms with van der Waals surface area (Å²) in [5, 5.41) is 0. The Kier molecular flexibility index (Phi) is 4.34. The second kappa shape index (κ2) is 5.19. The van der Waals surface area contributed by atoms with Crippen molar-refractivity contribution in [2.75, 3.05) is 27.7 Å². The molecule has 0 aromatic heterocycles. The van der Waals surface area contributed by atoms with Crippen LogP contribution in [0.3, 0.4) is 0 Å². The molecule has 1 saturated carbocycles. The van der Waals surface area contributed by atoms with Crippen LogP contribution < -0.4 is 0 Å². The number of quaternary nitrogens is 1. The highest BCUT2D eigenvalue weighted by atomic mass is 16.0. The first-order valence-electron chi connectivity index (χ1n) is 6.38. The third-order valence-electron chi connectivity index (χ3n) is 3.72. The van der Waals surface area contributed by atoms with Crippen LogP contribution in [0, 0.1) is 0 Å². The first-order valence-corrected chi connectivity index (χ1v) is 6.38. The molecule has 2 nitrogen and oxygen atoms in total. The largest absolute Gasteiger partial charge is 0.870 e. The molecule has 0 aliphatic heterocycles. The molecule has 1 N–H and O–H groups in total. The van der Waals surface area contributed by atoms with Crippen LogP contribution in [0.4, 0.5) is 0 Å². The molecule has 1 fully saturated rings. The minimum atomic E-state index is 0. The number of likely N-dealkylation sites (N-methyl/N-ethyl adjacent to an activating group) is 1. The Bertz CT molecular complexity index is 334. The Balaban J connectivity index is 0.00000144. The molecule has 1 aromatic carbocycles. The van der Waals surface area contributed by atoms with E-state index in [-0.39, 0.29) is 5.48 Å². The molecule has 17 heavy (non-hydrogen) atoms. The Labute approximate surface area is 105 Å². The molecule has 0 atom stereocenters. The maximum atomic E-state index is 2.32. The van der Waals surface area contributed by atoms with Gasteiger partial charge in [-0.05, 0) is 18.4 Å². The van der Waals surface area contributed by atoms with Crippen molar-refractivity contribution in [3.05, 3.63) is 35.9 Å². The second-order valence-electron chi connectivity index (χ2n) is 6.30. The second-order valence-corrected chi connectivity index (χ2v) is 6.30. The lowest BCUT2D eigenvalue weighted by atomic mass is 9.78. The van der Waals surface area contributed by atoms with E-state index in [2.05, 4.69) is 51.5 Å². The van der Waals surface area contributed by atoms with Crippen molar-refractivity contribution in [3.8, 4) is 0 Å².